The molecule has 0 aromatic heterocycles. The van der Waals surface area contributed by atoms with Crippen LogP contribution in [0.5, 0.6) is 0 Å². The molecule has 0 radical (unpaired) electrons. The Kier molecular flexibility index (Phi) is 4.75. The Morgan fingerprint density at radius 3 is 2.33 bits per heavy atom. The van der Waals surface area contributed by atoms with E-state index in [1.54, 1.807) is 0 Å². The minimum atomic E-state index is -1.14. The average molecular weight is 341 g/mol. The summed E-state index contributed by atoms with van der Waals surface area (Å²) in [6.45, 7) is 0.772. The highest BCUT2D eigenvalue weighted by molar-refractivity contribution is 5.92. The van der Waals surface area contributed by atoms with Crippen molar-refractivity contribution in [2.45, 2.75) is 56.0 Å². The number of aliphatic hydroxyl groups is 2. The Morgan fingerprint density at radius 1 is 0.958 bits per heavy atom. The first-order chi connectivity index (χ1) is 11.4. The number of hydrogen-bond acceptors (Lipinski definition) is 6. The first-order valence-electron chi connectivity index (χ1n) is 8.31. The number of hydrogen-bond donors (Lipinski definition) is 4. The van der Waals surface area contributed by atoms with Crippen molar-refractivity contribution < 1.29 is 29.7 Å². The van der Waals surface area contributed by atoms with Gasteiger partial charge in [-0.1, -0.05) is 0 Å². The fourth-order valence-corrected chi connectivity index (χ4v) is 3.88. The third kappa shape index (κ3) is 3.11. The minimum Gasteiger partial charge on any atom is -0.480 e. The lowest BCUT2D eigenvalue weighted by Crippen LogP contribution is -2.54. The van der Waals surface area contributed by atoms with E-state index in [-0.39, 0.29) is 18.9 Å². The van der Waals surface area contributed by atoms with Crippen LogP contribution in [0.4, 0.5) is 0 Å². The molecule has 0 aromatic rings. The molecule has 0 unspecified atom stereocenters. The summed E-state index contributed by atoms with van der Waals surface area (Å²) in [6, 6.07) is -2.24. The van der Waals surface area contributed by atoms with Gasteiger partial charge in [0.2, 0.25) is 11.8 Å². The summed E-state index contributed by atoms with van der Waals surface area (Å²) in [6.07, 6.45) is 0.0619. The van der Waals surface area contributed by atoms with Crippen LogP contribution in [0.2, 0.25) is 0 Å². The van der Waals surface area contributed by atoms with Crippen molar-refractivity contribution in [3.05, 3.63) is 0 Å². The van der Waals surface area contributed by atoms with Gasteiger partial charge in [0.25, 0.3) is 0 Å². The van der Waals surface area contributed by atoms with Gasteiger partial charge in [0.05, 0.1) is 18.2 Å². The smallest absolute Gasteiger partial charge is 0.326 e. The first kappa shape index (κ1) is 17.1. The topological polar surface area (TPSA) is 130 Å². The maximum absolute atomic E-state index is 12.8. The molecule has 9 heteroatoms. The van der Waals surface area contributed by atoms with Gasteiger partial charge >= 0.3 is 5.97 Å². The molecule has 3 aliphatic rings. The van der Waals surface area contributed by atoms with Gasteiger partial charge < -0.3 is 30.4 Å². The van der Waals surface area contributed by atoms with Gasteiger partial charge in [0, 0.05) is 26.1 Å². The van der Waals surface area contributed by atoms with E-state index in [4.69, 9.17) is 0 Å². The first-order valence-corrected chi connectivity index (χ1v) is 8.31. The third-order valence-electron chi connectivity index (χ3n) is 5.07. The number of amides is 2. The Balaban J connectivity index is 1.71. The highest BCUT2D eigenvalue weighted by atomic mass is 16.4. The lowest BCUT2D eigenvalue weighted by molar-refractivity contribution is -0.152. The van der Waals surface area contributed by atoms with Gasteiger partial charge in [-0.2, -0.15) is 0 Å². The van der Waals surface area contributed by atoms with Crippen molar-refractivity contribution >= 4 is 17.8 Å². The largest absolute Gasteiger partial charge is 0.480 e. The average Bonchev–Trinajstić information content (AvgIpc) is 3.24. The zero-order valence-corrected chi connectivity index (χ0v) is 13.3. The summed E-state index contributed by atoms with van der Waals surface area (Å²) >= 11 is 0. The number of likely N-dealkylation sites (tertiary alicyclic amines) is 2. The summed E-state index contributed by atoms with van der Waals surface area (Å²) in [4.78, 5) is 39.4. The molecule has 4 N–H and O–H groups in total. The van der Waals surface area contributed by atoms with Crippen LogP contribution < -0.4 is 5.32 Å². The van der Waals surface area contributed by atoms with Crippen LogP contribution in [0, 0.1) is 0 Å². The number of carbonyl (C=O) groups is 3. The number of carboxylic acids is 1. The second-order valence-corrected chi connectivity index (χ2v) is 6.77. The summed E-state index contributed by atoms with van der Waals surface area (Å²) in [7, 11) is 0. The van der Waals surface area contributed by atoms with E-state index in [1.807, 2.05) is 0 Å². The highest BCUT2D eigenvalue weighted by Crippen LogP contribution is 2.26. The van der Waals surface area contributed by atoms with Crippen LogP contribution in [0.25, 0.3) is 0 Å². The van der Waals surface area contributed by atoms with Gasteiger partial charge in [0.1, 0.15) is 12.1 Å². The molecule has 0 bridgehead atoms. The fourth-order valence-electron chi connectivity index (χ4n) is 3.88. The Morgan fingerprint density at radius 2 is 1.71 bits per heavy atom. The van der Waals surface area contributed by atoms with Gasteiger partial charge in [0.15, 0.2) is 0 Å². The molecule has 3 aliphatic heterocycles. The molecule has 3 saturated heterocycles. The van der Waals surface area contributed by atoms with Gasteiger partial charge in [-0.15, -0.1) is 0 Å². The zero-order chi connectivity index (χ0) is 17.4. The molecule has 3 heterocycles. The summed E-state index contributed by atoms with van der Waals surface area (Å²) in [5, 5.41) is 31.5. The minimum absolute atomic E-state index is 0.0120. The maximum atomic E-state index is 12.8. The molecular weight excluding hydrogens is 318 g/mol. The maximum Gasteiger partial charge on any atom is 0.326 e. The van der Waals surface area contributed by atoms with Crippen molar-refractivity contribution in [3.63, 3.8) is 0 Å². The number of aliphatic carboxylic acids is 1. The molecule has 2 amide bonds. The van der Waals surface area contributed by atoms with Crippen molar-refractivity contribution in [2.24, 2.45) is 0 Å². The lowest BCUT2D eigenvalue weighted by atomic mass is 10.1. The van der Waals surface area contributed by atoms with E-state index in [2.05, 4.69) is 5.32 Å². The molecule has 9 nitrogen and oxygen atoms in total. The van der Waals surface area contributed by atoms with Crippen LogP contribution in [0.1, 0.15) is 25.7 Å². The number of β-amino-alcohol motifs (C(OH)–C–C–N with tert-alkyl or cyclic N) is 2. The van der Waals surface area contributed by atoms with Crippen LogP contribution in [0.3, 0.4) is 0 Å². The molecule has 3 fully saturated rings. The van der Waals surface area contributed by atoms with Crippen molar-refractivity contribution in [3.8, 4) is 0 Å². The molecule has 0 saturated carbocycles. The molecule has 24 heavy (non-hydrogen) atoms. The quantitative estimate of drug-likeness (QED) is 0.456. The van der Waals surface area contributed by atoms with E-state index in [1.165, 1.54) is 9.80 Å². The fraction of sp³-hybridized carbons (Fsp3) is 0.800. The molecule has 0 spiro atoms. The molecule has 0 aromatic carbocycles. The van der Waals surface area contributed by atoms with E-state index < -0.39 is 42.2 Å². The number of nitrogens with zero attached hydrogens (tertiary/aromatic N) is 2. The number of rotatable bonds is 3. The van der Waals surface area contributed by atoms with Crippen LogP contribution in [-0.4, -0.2) is 92.9 Å². The van der Waals surface area contributed by atoms with E-state index in [0.717, 1.165) is 0 Å². The van der Waals surface area contributed by atoms with Crippen LogP contribution >= 0.6 is 0 Å². The number of nitrogens with one attached hydrogen (secondary N) is 1. The standard InChI is InChI=1S/C15H23N3O6/c19-8-4-10(16-6-8)13(21)17-3-1-2-11(17)14(22)18-7-9(20)5-12(18)15(23)24/h8-12,16,19-20H,1-7H2,(H,23,24)/t8-,9-,10+,11+,12+/m1/s1. The predicted molar refractivity (Wildman–Crippen MR) is 80.9 cm³/mol. The van der Waals surface area contributed by atoms with E-state index >= 15 is 0 Å². The summed E-state index contributed by atoms with van der Waals surface area (Å²) in [5.74, 6) is -1.78. The molecule has 134 valence electrons. The third-order valence-corrected chi connectivity index (χ3v) is 5.07. The lowest BCUT2D eigenvalue weighted by Gasteiger charge is -2.31. The van der Waals surface area contributed by atoms with E-state index in [9.17, 15) is 29.7 Å². The monoisotopic (exact) mass is 341 g/mol. The molecule has 0 aliphatic carbocycles. The van der Waals surface area contributed by atoms with Gasteiger partial charge in [-0.05, 0) is 19.3 Å². The Labute approximate surface area is 139 Å². The van der Waals surface area contributed by atoms with Crippen molar-refractivity contribution in [1.82, 2.24) is 15.1 Å². The van der Waals surface area contributed by atoms with Crippen molar-refractivity contribution in [1.29, 1.82) is 0 Å². The van der Waals surface area contributed by atoms with Gasteiger partial charge in [-0.3, -0.25) is 9.59 Å². The van der Waals surface area contributed by atoms with Crippen molar-refractivity contribution in [2.75, 3.05) is 19.6 Å². The van der Waals surface area contributed by atoms with Crippen LogP contribution in [0.15, 0.2) is 0 Å². The second kappa shape index (κ2) is 6.66. The molecular formula is C15H23N3O6. The van der Waals surface area contributed by atoms with E-state index in [0.29, 0.717) is 32.4 Å². The molecule has 3 rings (SSSR count). The zero-order valence-electron chi connectivity index (χ0n) is 13.3. The normalized spacial score (nSPS) is 36.3. The number of carbonyl (C=O) groups excluding carboxylic acids is 2. The predicted octanol–water partition coefficient (Wildman–Crippen LogP) is -2.25. The van der Waals surface area contributed by atoms with Crippen LogP contribution in [-0.2, 0) is 14.4 Å². The Hall–Kier alpha value is -1.71. The molecule has 5 atom stereocenters. The summed E-state index contributed by atoms with van der Waals surface area (Å²) in [5.41, 5.74) is 0. The Bertz CT molecular complexity index is 541. The number of aliphatic hydroxyl groups excluding tert-OH is 2. The SMILES string of the molecule is O=C(O)[C@@H]1C[C@@H](O)CN1C(=O)[C@@H]1CCCN1C(=O)[C@@H]1C[C@@H](O)CN1. The highest BCUT2D eigenvalue weighted by Gasteiger charge is 2.46. The number of carboxylic acid groups (broad SMARTS) is 1. The van der Waals surface area contributed by atoms with Gasteiger partial charge in [-0.25, -0.2) is 4.79 Å². The second-order valence-electron chi connectivity index (χ2n) is 6.77. The summed E-state index contributed by atoms with van der Waals surface area (Å²) < 4.78 is 0.